The fourth-order valence-corrected chi connectivity index (χ4v) is 1.78. The molecule has 2 rings (SSSR count). The predicted molar refractivity (Wildman–Crippen MR) is 93.1 cm³/mol. The molecule has 0 radical (unpaired) electrons. The van der Waals surface area contributed by atoms with Crippen LogP contribution in [0.15, 0.2) is 53.6 Å². The highest BCUT2D eigenvalue weighted by Crippen LogP contribution is 2.11. The molecule has 6 nitrogen and oxygen atoms in total. The Morgan fingerprint density at radius 3 is 2.25 bits per heavy atom. The van der Waals surface area contributed by atoms with E-state index in [-0.39, 0.29) is 23.5 Å². The first-order chi connectivity index (χ1) is 11.5. The van der Waals surface area contributed by atoms with Crippen LogP contribution in [0.5, 0.6) is 5.75 Å². The van der Waals surface area contributed by atoms with Gasteiger partial charge >= 0.3 is 0 Å². The van der Waals surface area contributed by atoms with Gasteiger partial charge in [-0.25, -0.2) is 5.43 Å². The summed E-state index contributed by atoms with van der Waals surface area (Å²) in [6.45, 7) is 3.62. The monoisotopic (exact) mass is 325 g/mol. The number of amides is 2. The normalized spacial score (nSPS) is 10.8. The van der Waals surface area contributed by atoms with Gasteiger partial charge in [0.05, 0.1) is 6.21 Å². The Balaban J connectivity index is 1.92. The summed E-state index contributed by atoms with van der Waals surface area (Å²) in [6, 6.07) is 13.0. The quantitative estimate of drug-likeness (QED) is 0.583. The summed E-state index contributed by atoms with van der Waals surface area (Å²) in [7, 11) is 0. The molecule has 0 bridgehead atoms. The maximum atomic E-state index is 12.0. The predicted octanol–water partition coefficient (Wildman–Crippen LogP) is 2.75. The van der Waals surface area contributed by atoms with Crippen molar-refractivity contribution in [2.45, 2.75) is 13.8 Å². The molecule has 2 aromatic rings. The fraction of sp³-hybridized carbons (Fsp3) is 0.167. The lowest BCUT2D eigenvalue weighted by Crippen LogP contribution is -2.19. The number of nitrogens with one attached hydrogen (secondary N) is 2. The summed E-state index contributed by atoms with van der Waals surface area (Å²) in [4.78, 5) is 23.6. The zero-order valence-electron chi connectivity index (χ0n) is 13.5. The molecule has 0 atom stereocenters. The number of rotatable bonds is 5. The van der Waals surface area contributed by atoms with Crippen molar-refractivity contribution in [2.24, 2.45) is 11.0 Å². The zero-order valence-corrected chi connectivity index (χ0v) is 13.5. The van der Waals surface area contributed by atoms with Crippen LogP contribution in [0.3, 0.4) is 0 Å². The number of nitrogens with zero attached hydrogens (tertiary/aromatic N) is 1. The molecule has 2 amide bonds. The Morgan fingerprint density at radius 2 is 1.67 bits per heavy atom. The lowest BCUT2D eigenvalue weighted by atomic mass is 10.1. The van der Waals surface area contributed by atoms with Gasteiger partial charge in [0.2, 0.25) is 5.91 Å². The smallest absolute Gasteiger partial charge is 0.271 e. The highest BCUT2D eigenvalue weighted by Gasteiger charge is 2.08. The number of anilines is 1. The number of hydrazone groups is 1. The van der Waals surface area contributed by atoms with E-state index < -0.39 is 0 Å². The van der Waals surface area contributed by atoms with E-state index >= 15 is 0 Å². The van der Waals surface area contributed by atoms with Crippen molar-refractivity contribution in [3.05, 3.63) is 59.7 Å². The topological polar surface area (TPSA) is 90.8 Å². The number of hydrogen-bond acceptors (Lipinski definition) is 4. The molecule has 0 saturated heterocycles. The molecule has 124 valence electrons. The van der Waals surface area contributed by atoms with E-state index in [9.17, 15) is 14.7 Å². The first kappa shape index (κ1) is 17.2. The van der Waals surface area contributed by atoms with Crippen molar-refractivity contribution in [1.29, 1.82) is 0 Å². The van der Waals surface area contributed by atoms with Crippen LogP contribution in [-0.4, -0.2) is 23.1 Å². The minimum Gasteiger partial charge on any atom is -0.508 e. The van der Waals surface area contributed by atoms with Crippen molar-refractivity contribution in [1.82, 2.24) is 5.43 Å². The van der Waals surface area contributed by atoms with Gasteiger partial charge in [-0.2, -0.15) is 5.10 Å². The third-order valence-corrected chi connectivity index (χ3v) is 3.21. The average Bonchev–Trinajstić information content (AvgIpc) is 2.57. The standard InChI is InChI=1S/C18H19N3O3/c1-12(2)17(23)20-15-7-5-14(6-8-15)18(24)21-19-11-13-3-9-16(22)10-4-13/h3-12,22H,1-2H3,(H,20,23)(H,21,24). The molecule has 0 unspecified atom stereocenters. The fourth-order valence-electron chi connectivity index (χ4n) is 1.78. The van der Waals surface area contributed by atoms with Gasteiger partial charge in [-0.15, -0.1) is 0 Å². The maximum absolute atomic E-state index is 12.0. The third kappa shape index (κ3) is 4.95. The van der Waals surface area contributed by atoms with Crippen LogP contribution in [0.4, 0.5) is 5.69 Å². The van der Waals surface area contributed by atoms with Crippen LogP contribution in [0.25, 0.3) is 0 Å². The van der Waals surface area contributed by atoms with Gasteiger partial charge in [0, 0.05) is 17.2 Å². The van der Waals surface area contributed by atoms with E-state index in [1.54, 1.807) is 36.4 Å². The van der Waals surface area contributed by atoms with E-state index in [1.165, 1.54) is 18.3 Å². The first-order valence-corrected chi connectivity index (χ1v) is 7.49. The van der Waals surface area contributed by atoms with Crippen molar-refractivity contribution in [3.63, 3.8) is 0 Å². The second-order valence-corrected chi connectivity index (χ2v) is 5.51. The average molecular weight is 325 g/mol. The first-order valence-electron chi connectivity index (χ1n) is 7.49. The summed E-state index contributed by atoms with van der Waals surface area (Å²) in [5.41, 5.74) is 4.24. The molecule has 0 aromatic heterocycles. The number of phenols is 1. The molecular formula is C18H19N3O3. The third-order valence-electron chi connectivity index (χ3n) is 3.21. The number of carbonyl (C=O) groups excluding carboxylic acids is 2. The molecule has 0 saturated carbocycles. The van der Waals surface area contributed by atoms with Gasteiger partial charge in [-0.3, -0.25) is 9.59 Å². The van der Waals surface area contributed by atoms with E-state index in [2.05, 4.69) is 15.8 Å². The minimum atomic E-state index is -0.355. The second-order valence-electron chi connectivity index (χ2n) is 5.51. The summed E-state index contributed by atoms with van der Waals surface area (Å²) in [6.07, 6.45) is 1.48. The molecule has 0 fully saturated rings. The van der Waals surface area contributed by atoms with E-state index in [0.717, 1.165) is 5.56 Å². The summed E-state index contributed by atoms with van der Waals surface area (Å²) >= 11 is 0. The molecule has 0 aliphatic heterocycles. The van der Waals surface area contributed by atoms with E-state index in [4.69, 9.17) is 0 Å². The molecule has 6 heteroatoms. The molecule has 0 aliphatic rings. The summed E-state index contributed by atoms with van der Waals surface area (Å²) in [5.74, 6) is -0.375. The second kappa shape index (κ2) is 7.92. The molecule has 0 spiro atoms. The SMILES string of the molecule is CC(C)C(=O)Nc1ccc(C(=O)NN=Cc2ccc(O)cc2)cc1. The Labute approximate surface area is 140 Å². The summed E-state index contributed by atoms with van der Waals surface area (Å²) in [5, 5.41) is 15.8. The van der Waals surface area contributed by atoms with Gasteiger partial charge < -0.3 is 10.4 Å². The number of phenolic OH excluding ortho intramolecular Hbond substituents is 1. The van der Waals surface area contributed by atoms with E-state index in [0.29, 0.717) is 11.3 Å². The molecule has 24 heavy (non-hydrogen) atoms. The molecular weight excluding hydrogens is 306 g/mol. The Hall–Kier alpha value is -3.15. The highest BCUT2D eigenvalue weighted by atomic mass is 16.3. The van der Waals surface area contributed by atoms with Gasteiger partial charge in [0.25, 0.3) is 5.91 Å². The van der Waals surface area contributed by atoms with Crippen molar-refractivity contribution in [3.8, 4) is 5.75 Å². The number of carbonyl (C=O) groups is 2. The van der Waals surface area contributed by atoms with Crippen LogP contribution in [0, 0.1) is 5.92 Å². The lowest BCUT2D eigenvalue weighted by Gasteiger charge is -2.08. The van der Waals surface area contributed by atoms with Crippen molar-refractivity contribution >= 4 is 23.7 Å². The van der Waals surface area contributed by atoms with Gasteiger partial charge in [0.15, 0.2) is 0 Å². The van der Waals surface area contributed by atoms with E-state index in [1.807, 2.05) is 13.8 Å². The Morgan fingerprint density at radius 1 is 1.04 bits per heavy atom. The van der Waals surface area contributed by atoms with Crippen LogP contribution in [0.1, 0.15) is 29.8 Å². The van der Waals surface area contributed by atoms with Crippen LogP contribution in [0.2, 0.25) is 0 Å². The Bertz CT molecular complexity index is 735. The number of benzene rings is 2. The maximum Gasteiger partial charge on any atom is 0.271 e. The molecule has 0 aliphatic carbocycles. The largest absolute Gasteiger partial charge is 0.508 e. The van der Waals surface area contributed by atoms with Gasteiger partial charge in [0.1, 0.15) is 5.75 Å². The highest BCUT2D eigenvalue weighted by molar-refractivity contribution is 5.96. The van der Waals surface area contributed by atoms with Crippen LogP contribution in [-0.2, 0) is 4.79 Å². The molecule has 3 N–H and O–H groups in total. The van der Waals surface area contributed by atoms with Crippen LogP contribution >= 0.6 is 0 Å². The number of aromatic hydroxyl groups is 1. The summed E-state index contributed by atoms with van der Waals surface area (Å²) < 4.78 is 0. The molecule has 2 aromatic carbocycles. The Kier molecular flexibility index (Phi) is 5.68. The zero-order chi connectivity index (χ0) is 17.5. The molecule has 0 heterocycles. The van der Waals surface area contributed by atoms with Crippen molar-refractivity contribution in [2.75, 3.05) is 5.32 Å². The van der Waals surface area contributed by atoms with Crippen molar-refractivity contribution < 1.29 is 14.7 Å². The minimum absolute atomic E-state index is 0.0781. The van der Waals surface area contributed by atoms with Gasteiger partial charge in [-0.1, -0.05) is 13.8 Å². The lowest BCUT2D eigenvalue weighted by molar-refractivity contribution is -0.118. The van der Waals surface area contributed by atoms with Crippen LogP contribution < -0.4 is 10.7 Å². The van der Waals surface area contributed by atoms with Gasteiger partial charge in [-0.05, 0) is 54.1 Å². The number of hydrogen-bond donors (Lipinski definition) is 3.